The van der Waals surface area contributed by atoms with Gasteiger partial charge in [0.1, 0.15) is 11.1 Å². The molecule has 3 N–H and O–H groups in total. The van der Waals surface area contributed by atoms with E-state index in [1.807, 2.05) is 6.07 Å². The second-order valence-electron chi connectivity index (χ2n) is 2.99. The van der Waals surface area contributed by atoms with Crippen LogP contribution in [-0.2, 0) is 0 Å². The van der Waals surface area contributed by atoms with Crippen molar-refractivity contribution in [2.75, 3.05) is 6.54 Å². The van der Waals surface area contributed by atoms with Gasteiger partial charge in [-0.1, -0.05) is 0 Å². The van der Waals surface area contributed by atoms with E-state index < -0.39 is 6.10 Å². The van der Waals surface area contributed by atoms with Gasteiger partial charge in [-0.3, -0.25) is 4.98 Å². The summed E-state index contributed by atoms with van der Waals surface area (Å²) in [5.41, 5.74) is 6.20. The Balaban J connectivity index is 2.35. The Kier molecular flexibility index (Phi) is 2.72. The highest BCUT2D eigenvalue weighted by molar-refractivity contribution is 7.18. The quantitative estimate of drug-likeness (QED) is 0.793. The normalized spacial score (nSPS) is 13.3. The predicted molar refractivity (Wildman–Crippen MR) is 56.0 cm³/mol. The first kappa shape index (κ1) is 9.51. The van der Waals surface area contributed by atoms with Crippen LogP contribution in [0.5, 0.6) is 0 Å². The van der Waals surface area contributed by atoms with E-state index >= 15 is 0 Å². The second kappa shape index (κ2) is 4.00. The molecule has 0 radical (unpaired) electrons. The number of aromatic nitrogens is 2. The molecule has 5 heteroatoms. The summed E-state index contributed by atoms with van der Waals surface area (Å²) in [6.07, 6.45) is 3.43. The Labute approximate surface area is 85.4 Å². The Bertz CT molecular complexity index is 396. The maximum atomic E-state index is 9.67. The summed E-state index contributed by atoms with van der Waals surface area (Å²) in [5, 5.41) is 10.4. The van der Waals surface area contributed by atoms with E-state index in [-0.39, 0.29) is 0 Å². The number of rotatable bonds is 3. The molecule has 1 atom stereocenters. The molecule has 0 aliphatic heterocycles. The summed E-state index contributed by atoms with van der Waals surface area (Å²) in [5.74, 6) is 0. The van der Waals surface area contributed by atoms with Crippen LogP contribution in [0.4, 0.5) is 0 Å². The molecule has 4 nitrogen and oxygen atoms in total. The molecule has 14 heavy (non-hydrogen) atoms. The fourth-order valence-electron chi connectivity index (χ4n) is 1.22. The Morgan fingerprint density at radius 1 is 1.57 bits per heavy atom. The zero-order chi connectivity index (χ0) is 9.97. The zero-order valence-electron chi connectivity index (χ0n) is 7.55. The average molecular weight is 209 g/mol. The van der Waals surface area contributed by atoms with E-state index in [0.29, 0.717) is 13.0 Å². The number of aliphatic hydroxyl groups excluding tert-OH is 1. The highest BCUT2D eigenvalue weighted by Gasteiger charge is 2.11. The minimum Gasteiger partial charge on any atom is -0.386 e. The van der Waals surface area contributed by atoms with Crippen LogP contribution < -0.4 is 5.73 Å². The molecule has 74 valence electrons. The lowest BCUT2D eigenvalue weighted by atomic mass is 10.3. The maximum absolute atomic E-state index is 9.67. The van der Waals surface area contributed by atoms with Gasteiger partial charge in [0.15, 0.2) is 0 Å². The van der Waals surface area contributed by atoms with Crippen LogP contribution in [0.15, 0.2) is 18.5 Å². The van der Waals surface area contributed by atoms with E-state index in [0.717, 1.165) is 15.2 Å². The SMILES string of the molecule is NCCC(O)c1nc2cnccc2s1. The molecule has 0 saturated heterocycles. The topological polar surface area (TPSA) is 72.0 Å². The first-order valence-electron chi connectivity index (χ1n) is 4.40. The van der Waals surface area contributed by atoms with Crippen molar-refractivity contribution in [2.45, 2.75) is 12.5 Å². The number of aliphatic hydroxyl groups is 1. The van der Waals surface area contributed by atoms with Gasteiger partial charge in [-0.15, -0.1) is 11.3 Å². The summed E-state index contributed by atoms with van der Waals surface area (Å²) >= 11 is 1.49. The summed E-state index contributed by atoms with van der Waals surface area (Å²) in [6.45, 7) is 0.468. The van der Waals surface area contributed by atoms with Gasteiger partial charge in [0, 0.05) is 6.20 Å². The molecule has 0 aliphatic carbocycles. The summed E-state index contributed by atoms with van der Waals surface area (Å²) in [4.78, 5) is 8.25. The number of fused-ring (bicyclic) bond motifs is 1. The molecule has 2 rings (SSSR count). The molecule has 1 unspecified atom stereocenters. The van der Waals surface area contributed by atoms with Gasteiger partial charge < -0.3 is 10.8 Å². The van der Waals surface area contributed by atoms with Crippen molar-refractivity contribution < 1.29 is 5.11 Å². The van der Waals surface area contributed by atoms with E-state index in [1.54, 1.807) is 12.4 Å². The standard InChI is InChI=1S/C9H11N3OS/c10-3-1-7(13)9-12-6-5-11-4-2-8(6)14-9/h2,4-5,7,13H,1,3,10H2. The molecule has 0 fully saturated rings. The van der Waals surface area contributed by atoms with E-state index in [1.165, 1.54) is 11.3 Å². The van der Waals surface area contributed by atoms with Crippen LogP contribution in [0.3, 0.4) is 0 Å². The monoisotopic (exact) mass is 209 g/mol. The smallest absolute Gasteiger partial charge is 0.123 e. The van der Waals surface area contributed by atoms with Crippen LogP contribution in [-0.4, -0.2) is 21.6 Å². The molecule has 0 aromatic carbocycles. The van der Waals surface area contributed by atoms with Crippen molar-refractivity contribution in [3.63, 3.8) is 0 Å². The predicted octanol–water partition coefficient (Wildman–Crippen LogP) is 1.07. The van der Waals surface area contributed by atoms with Gasteiger partial charge >= 0.3 is 0 Å². The first-order valence-corrected chi connectivity index (χ1v) is 5.21. The summed E-state index contributed by atoms with van der Waals surface area (Å²) in [7, 11) is 0. The third kappa shape index (κ3) is 1.75. The Hall–Kier alpha value is -1.04. The van der Waals surface area contributed by atoms with Gasteiger partial charge in [0.25, 0.3) is 0 Å². The van der Waals surface area contributed by atoms with Crippen molar-refractivity contribution in [1.82, 2.24) is 9.97 Å². The molecule has 0 bridgehead atoms. The fourth-order valence-corrected chi connectivity index (χ4v) is 2.18. The van der Waals surface area contributed by atoms with Crippen LogP contribution in [0, 0.1) is 0 Å². The third-order valence-corrected chi connectivity index (χ3v) is 3.07. The van der Waals surface area contributed by atoms with Crippen molar-refractivity contribution in [3.05, 3.63) is 23.5 Å². The van der Waals surface area contributed by atoms with Gasteiger partial charge in [0.2, 0.25) is 0 Å². The van der Waals surface area contributed by atoms with E-state index in [4.69, 9.17) is 5.73 Å². The first-order chi connectivity index (χ1) is 6.81. The van der Waals surface area contributed by atoms with Gasteiger partial charge in [-0.05, 0) is 19.0 Å². The number of hydrogen-bond acceptors (Lipinski definition) is 5. The number of nitrogens with zero attached hydrogens (tertiary/aromatic N) is 2. The second-order valence-corrected chi connectivity index (χ2v) is 4.05. The Morgan fingerprint density at radius 3 is 3.14 bits per heavy atom. The van der Waals surface area contributed by atoms with Crippen molar-refractivity contribution >= 4 is 21.6 Å². The number of nitrogens with two attached hydrogens (primary N) is 1. The van der Waals surface area contributed by atoms with E-state index in [2.05, 4.69) is 9.97 Å². The fraction of sp³-hybridized carbons (Fsp3) is 0.333. The van der Waals surface area contributed by atoms with Crippen LogP contribution in [0.25, 0.3) is 10.2 Å². The number of thiazole rings is 1. The zero-order valence-corrected chi connectivity index (χ0v) is 8.37. The van der Waals surface area contributed by atoms with Crippen molar-refractivity contribution in [1.29, 1.82) is 0 Å². The molecular formula is C9H11N3OS. The van der Waals surface area contributed by atoms with Crippen LogP contribution in [0.2, 0.25) is 0 Å². The minimum atomic E-state index is -0.544. The molecule has 0 aliphatic rings. The highest BCUT2D eigenvalue weighted by atomic mass is 32.1. The molecule has 2 aromatic heterocycles. The minimum absolute atomic E-state index is 0.468. The highest BCUT2D eigenvalue weighted by Crippen LogP contribution is 2.26. The van der Waals surface area contributed by atoms with Crippen LogP contribution in [0.1, 0.15) is 17.5 Å². The van der Waals surface area contributed by atoms with Crippen molar-refractivity contribution in [2.24, 2.45) is 5.73 Å². The molecule has 2 heterocycles. The summed E-state index contributed by atoms with van der Waals surface area (Å²) in [6, 6.07) is 1.89. The molecule has 0 spiro atoms. The molecule has 2 aromatic rings. The third-order valence-electron chi connectivity index (χ3n) is 1.93. The number of hydrogen-bond donors (Lipinski definition) is 2. The van der Waals surface area contributed by atoms with Gasteiger partial charge in [-0.2, -0.15) is 0 Å². The van der Waals surface area contributed by atoms with Crippen molar-refractivity contribution in [3.8, 4) is 0 Å². The average Bonchev–Trinajstić information content (AvgIpc) is 2.61. The van der Waals surface area contributed by atoms with Gasteiger partial charge in [-0.25, -0.2) is 4.98 Å². The molecule has 0 amide bonds. The lowest BCUT2D eigenvalue weighted by Crippen LogP contribution is -2.06. The van der Waals surface area contributed by atoms with Crippen LogP contribution >= 0.6 is 11.3 Å². The Morgan fingerprint density at radius 2 is 2.43 bits per heavy atom. The number of pyridine rings is 1. The molecule has 0 saturated carbocycles. The molecular weight excluding hydrogens is 198 g/mol. The lowest BCUT2D eigenvalue weighted by Gasteiger charge is -2.02. The lowest BCUT2D eigenvalue weighted by molar-refractivity contribution is 0.170. The summed E-state index contributed by atoms with van der Waals surface area (Å²) < 4.78 is 1.05. The maximum Gasteiger partial charge on any atom is 0.123 e. The largest absolute Gasteiger partial charge is 0.386 e. The van der Waals surface area contributed by atoms with E-state index in [9.17, 15) is 5.11 Å². The van der Waals surface area contributed by atoms with Gasteiger partial charge in [0.05, 0.1) is 16.4 Å².